The molecule has 1 N–H and O–H groups in total. The van der Waals surface area contributed by atoms with E-state index in [-0.39, 0.29) is 35.9 Å². The average molecular weight is 605 g/mol. The predicted molar refractivity (Wildman–Crippen MR) is 173 cm³/mol. The van der Waals surface area contributed by atoms with Gasteiger partial charge in [-0.25, -0.2) is 14.4 Å². The SMILES string of the molecule is C=CC(=O)N1C[C@@H]2C(=C)Oc3c(c4cc(F)c(-c5c(C)ccc6[nH]cnc56)nc4n(-c4ccccc4C(C)C)c3=O)N2C[C@H]1C. The van der Waals surface area contributed by atoms with E-state index in [2.05, 4.69) is 37.0 Å². The number of hydrogen-bond donors (Lipinski definition) is 1. The number of aromatic amines is 1. The fourth-order valence-electron chi connectivity index (χ4n) is 6.73. The van der Waals surface area contributed by atoms with Crippen LogP contribution in [-0.4, -0.2) is 55.5 Å². The fraction of sp³-hybridized carbons (Fsp3) is 0.257. The number of aromatic nitrogens is 4. The molecule has 1 saturated heterocycles. The number of benzene rings is 2. The van der Waals surface area contributed by atoms with Crippen LogP contribution in [0.1, 0.15) is 37.8 Å². The smallest absolute Gasteiger partial charge is 0.301 e. The Labute approximate surface area is 259 Å². The van der Waals surface area contributed by atoms with Crippen LogP contribution in [0, 0.1) is 12.7 Å². The quantitative estimate of drug-likeness (QED) is 0.253. The van der Waals surface area contributed by atoms with Crippen molar-refractivity contribution in [3.63, 3.8) is 0 Å². The number of pyridine rings is 2. The molecule has 9 nitrogen and oxygen atoms in total. The number of nitrogens with one attached hydrogen (secondary N) is 1. The van der Waals surface area contributed by atoms with Gasteiger partial charge in [0.15, 0.2) is 5.65 Å². The minimum absolute atomic E-state index is 0.0533. The van der Waals surface area contributed by atoms with Crippen LogP contribution in [-0.2, 0) is 4.79 Å². The third-order valence-electron chi connectivity index (χ3n) is 8.96. The lowest BCUT2D eigenvalue weighted by atomic mass is 9.98. The number of rotatable bonds is 4. The van der Waals surface area contributed by atoms with Gasteiger partial charge in [-0.15, -0.1) is 0 Å². The van der Waals surface area contributed by atoms with E-state index in [1.165, 1.54) is 16.7 Å². The minimum atomic E-state index is -0.555. The van der Waals surface area contributed by atoms with Gasteiger partial charge < -0.3 is 19.5 Å². The van der Waals surface area contributed by atoms with Gasteiger partial charge in [0, 0.05) is 30.1 Å². The van der Waals surface area contributed by atoms with Crippen molar-refractivity contribution in [3.8, 4) is 22.7 Å². The highest BCUT2D eigenvalue weighted by molar-refractivity contribution is 5.99. The molecule has 0 unspecified atom stereocenters. The van der Waals surface area contributed by atoms with Crippen LogP contribution < -0.4 is 15.2 Å². The second-order valence-corrected chi connectivity index (χ2v) is 12.1. The molecule has 45 heavy (non-hydrogen) atoms. The summed E-state index contributed by atoms with van der Waals surface area (Å²) in [4.78, 5) is 43.6. The first kappa shape index (κ1) is 28.5. The lowest BCUT2D eigenvalue weighted by molar-refractivity contribution is -0.128. The number of carbonyl (C=O) groups is 1. The number of halogens is 1. The standard InChI is InChI=1S/C35H33FN6O3/c1-7-28(43)40-16-27-21(6)45-33-32(41(27)15-20(40)5)23-14-24(36)30(29-19(4)12-13-25-31(29)38-17-37-25)39-34(23)42(35(33)44)26-11-9-8-10-22(26)18(2)3/h7-14,17-18,20,27H,1,6,15-16H2,2-5H3,(H,37,38)/t20-,27-/m1/s1. The monoisotopic (exact) mass is 604 g/mol. The van der Waals surface area contributed by atoms with E-state index < -0.39 is 17.4 Å². The number of imidazole rings is 1. The van der Waals surface area contributed by atoms with E-state index in [0.717, 1.165) is 16.6 Å². The fourth-order valence-corrected chi connectivity index (χ4v) is 6.73. The molecular weight excluding hydrogens is 571 g/mol. The highest BCUT2D eigenvalue weighted by atomic mass is 19.1. The number of hydrogen-bond acceptors (Lipinski definition) is 6. The van der Waals surface area contributed by atoms with Crippen LogP contribution in [0.2, 0.25) is 0 Å². The average Bonchev–Trinajstić information content (AvgIpc) is 3.50. The van der Waals surface area contributed by atoms with Crippen molar-refractivity contribution in [2.75, 3.05) is 18.0 Å². The summed E-state index contributed by atoms with van der Waals surface area (Å²) >= 11 is 0. The Balaban J connectivity index is 1.57. The van der Waals surface area contributed by atoms with Gasteiger partial charge in [-0.2, -0.15) is 0 Å². The molecule has 1 fully saturated rings. The lowest BCUT2D eigenvalue weighted by Gasteiger charge is -2.49. The van der Waals surface area contributed by atoms with Crippen molar-refractivity contribution < 1.29 is 13.9 Å². The van der Waals surface area contributed by atoms with Gasteiger partial charge in [0.05, 0.1) is 28.7 Å². The van der Waals surface area contributed by atoms with Crippen LogP contribution in [0.4, 0.5) is 10.1 Å². The number of anilines is 1. The first-order chi connectivity index (χ1) is 21.6. The summed E-state index contributed by atoms with van der Waals surface area (Å²) in [5.41, 5.74) is 4.65. The Bertz CT molecular complexity index is 2130. The number of para-hydroxylation sites is 1. The number of amides is 1. The van der Waals surface area contributed by atoms with Gasteiger partial charge >= 0.3 is 5.56 Å². The molecule has 7 rings (SSSR count). The summed E-state index contributed by atoms with van der Waals surface area (Å²) in [6.07, 6.45) is 2.86. The highest BCUT2D eigenvalue weighted by Crippen LogP contribution is 2.44. The lowest BCUT2D eigenvalue weighted by Crippen LogP contribution is -2.61. The summed E-state index contributed by atoms with van der Waals surface area (Å²) in [6.45, 7) is 16.4. The Hall–Kier alpha value is -5.25. The summed E-state index contributed by atoms with van der Waals surface area (Å²) in [5.74, 6) is -0.290. The van der Waals surface area contributed by atoms with E-state index in [4.69, 9.17) is 9.72 Å². The second kappa shape index (κ2) is 10.4. The summed E-state index contributed by atoms with van der Waals surface area (Å²) < 4.78 is 24.2. The van der Waals surface area contributed by atoms with Gasteiger partial charge in [-0.3, -0.25) is 14.2 Å². The van der Waals surface area contributed by atoms with Crippen LogP contribution in [0.5, 0.6) is 5.75 Å². The van der Waals surface area contributed by atoms with Gasteiger partial charge in [0.25, 0.3) is 0 Å². The second-order valence-electron chi connectivity index (χ2n) is 12.1. The number of aryl methyl sites for hydroxylation is 1. The van der Waals surface area contributed by atoms with Crippen LogP contribution in [0.3, 0.4) is 0 Å². The van der Waals surface area contributed by atoms with Crippen molar-refractivity contribution in [3.05, 3.63) is 101 Å². The van der Waals surface area contributed by atoms with Crippen molar-refractivity contribution in [2.24, 2.45) is 0 Å². The molecule has 5 heterocycles. The molecule has 0 radical (unpaired) electrons. The molecule has 0 spiro atoms. The molecule has 2 aliphatic heterocycles. The molecule has 0 bridgehead atoms. The topological polar surface area (TPSA) is 96.3 Å². The minimum Gasteiger partial charge on any atom is -0.452 e. The Morgan fingerprint density at radius 3 is 2.73 bits per heavy atom. The first-order valence-electron chi connectivity index (χ1n) is 15.0. The Kier molecular flexibility index (Phi) is 6.61. The number of nitrogens with zero attached hydrogens (tertiary/aromatic N) is 5. The maximum atomic E-state index is 16.5. The molecule has 0 aliphatic carbocycles. The molecule has 228 valence electrons. The van der Waals surface area contributed by atoms with E-state index in [1.807, 2.05) is 55.1 Å². The van der Waals surface area contributed by atoms with Crippen molar-refractivity contribution in [1.82, 2.24) is 24.4 Å². The van der Waals surface area contributed by atoms with Crippen LogP contribution in [0.25, 0.3) is 39.0 Å². The maximum absolute atomic E-state index is 16.5. The number of piperazine rings is 1. The van der Waals surface area contributed by atoms with Gasteiger partial charge in [-0.05, 0) is 55.2 Å². The molecule has 10 heteroatoms. The molecular formula is C35H33FN6O3. The highest BCUT2D eigenvalue weighted by Gasteiger charge is 2.42. The summed E-state index contributed by atoms with van der Waals surface area (Å²) in [7, 11) is 0. The normalized spacial score (nSPS) is 17.9. The number of fused-ring (bicyclic) bond motifs is 6. The zero-order valence-corrected chi connectivity index (χ0v) is 25.6. The van der Waals surface area contributed by atoms with Crippen molar-refractivity contribution in [1.29, 1.82) is 0 Å². The molecule has 0 saturated carbocycles. The Morgan fingerprint density at radius 2 is 1.98 bits per heavy atom. The largest absolute Gasteiger partial charge is 0.452 e. The van der Waals surface area contributed by atoms with E-state index in [9.17, 15) is 9.59 Å². The predicted octanol–water partition coefficient (Wildman–Crippen LogP) is 6.00. The molecule has 2 atom stereocenters. The molecule has 5 aromatic rings. The first-order valence-corrected chi connectivity index (χ1v) is 15.0. The van der Waals surface area contributed by atoms with Crippen molar-refractivity contribution in [2.45, 2.75) is 45.7 Å². The molecule has 2 aliphatic rings. The maximum Gasteiger partial charge on any atom is 0.301 e. The van der Waals surface area contributed by atoms with Gasteiger partial charge in [0.1, 0.15) is 23.3 Å². The van der Waals surface area contributed by atoms with E-state index in [1.54, 1.807) is 11.2 Å². The van der Waals surface area contributed by atoms with E-state index >= 15 is 4.39 Å². The third-order valence-corrected chi connectivity index (χ3v) is 8.96. The zero-order valence-electron chi connectivity index (χ0n) is 25.6. The van der Waals surface area contributed by atoms with E-state index in [0.29, 0.717) is 45.8 Å². The van der Waals surface area contributed by atoms with Gasteiger partial charge in [0.2, 0.25) is 11.7 Å². The third kappa shape index (κ3) is 4.27. The van der Waals surface area contributed by atoms with Crippen molar-refractivity contribution >= 4 is 33.7 Å². The van der Waals surface area contributed by atoms with Gasteiger partial charge in [-0.1, -0.05) is 51.3 Å². The molecule has 2 aromatic carbocycles. The van der Waals surface area contributed by atoms with Crippen LogP contribution >= 0.6 is 0 Å². The number of H-pyrrole nitrogens is 1. The summed E-state index contributed by atoms with van der Waals surface area (Å²) in [6, 6.07) is 12.2. The molecule has 1 amide bonds. The molecule has 3 aromatic heterocycles. The summed E-state index contributed by atoms with van der Waals surface area (Å²) in [5, 5.41) is 0.421. The Morgan fingerprint density at radius 1 is 1.20 bits per heavy atom. The number of carbonyl (C=O) groups excluding carboxylic acids is 1. The zero-order chi connectivity index (χ0) is 31.7. The number of ether oxygens (including phenoxy) is 1. The van der Waals surface area contributed by atoms with Crippen LogP contribution in [0.15, 0.2) is 78.6 Å².